The van der Waals surface area contributed by atoms with Crippen LogP contribution in [0.5, 0.6) is 0 Å². The number of hydrogen-bond acceptors (Lipinski definition) is 5. The molecule has 2 rings (SSSR count). The number of thiazole rings is 1. The maximum absolute atomic E-state index is 5.31. The second kappa shape index (κ2) is 8.10. The number of aliphatic imine (C=N–C) groups is 1. The van der Waals surface area contributed by atoms with Crippen LogP contribution in [0, 0.1) is 13.8 Å². The van der Waals surface area contributed by atoms with E-state index in [2.05, 4.69) is 46.5 Å². The van der Waals surface area contributed by atoms with Crippen LogP contribution in [0.3, 0.4) is 0 Å². The van der Waals surface area contributed by atoms with Gasteiger partial charge in [0, 0.05) is 31.0 Å². The first-order chi connectivity index (χ1) is 11.0. The topological polar surface area (TPSA) is 75.3 Å². The Morgan fingerprint density at radius 3 is 2.70 bits per heavy atom. The zero-order chi connectivity index (χ0) is 16.8. The van der Waals surface area contributed by atoms with Crippen molar-refractivity contribution in [2.75, 3.05) is 13.6 Å². The maximum atomic E-state index is 5.31. The van der Waals surface area contributed by atoms with Gasteiger partial charge >= 0.3 is 0 Å². The predicted octanol–water partition coefficient (Wildman–Crippen LogP) is 2.78. The summed E-state index contributed by atoms with van der Waals surface area (Å²) in [5.41, 5.74) is 2.10. The zero-order valence-electron chi connectivity index (χ0n) is 14.4. The molecule has 23 heavy (non-hydrogen) atoms. The van der Waals surface area contributed by atoms with Gasteiger partial charge in [0.15, 0.2) is 11.7 Å². The van der Waals surface area contributed by atoms with Gasteiger partial charge in [0.25, 0.3) is 0 Å². The Morgan fingerprint density at radius 1 is 1.35 bits per heavy atom. The van der Waals surface area contributed by atoms with Gasteiger partial charge in [-0.25, -0.2) is 4.98 Å². The number of aromatic nitrogens is 2. The number of nitrogens with zero attached hydrogens (tertiary/aromatic N) is 3. The molecule has 2 N–H and O–H groups in total. The summed E-state index contributed by atoms with van der Waals surface area (Å²) in [4.78, 5) is 10.0. The Morgan fingerprint density at radius 2 is 2.13 bits per heavy atom. The Bertz CT molecular complexity index is 640. The van der Waals surface area contributed by atoms with Crippen LogP contribution >= 0.6 is 11.3 Å². The molecule has 0 saturated carbocycles. The third kappa shape index (κ3) is 5.06. The highest BCUT2D eigenvalue weighted by Crippen LogP contribution is 2.16. The molecular formula is C16H25N5OS. The SMILES string of the molecule is CN=C(NCCc1nc(C)c(C)s1)NCc1cc(C(C)C)no1. The molecule has 0 aliphatic carbocycles. The first kappa shape index (κ1) is 17.5. The second-order valence-electron chi connectivity index (χ2n) is 5.72. The normalized spacial score (nSPS) is 12.0. The summed E-state index contributed by atoms with van der Waals surface area (Å²) in [5.74, 6) is 1.93. The fraction of sp³-hybridized carbons (Fsp3) is 0.562. The van der Waals surface area contributed by atoms with Gasteiger partial charge in [-0.05, 0) is 19.8 Å². The zero-order valence-corrected chi connectivity index (χ0v) is 15.3. The molecule has 0 bridgehead atoms. The van der Waals surface area contributed by atoms with E-state index in [1.807, 2.05) is 13.0 Å². The van der Waals surface area contributed by atoms with Gasteiger partial charge in [-0.3, -0.25) is 4.99 Å². The van der Waals surface area contributed by atoms with Crippen LogP contribution in [-0.2, 0) is 13.0 Å². The molecule has 0 atom stereocenters. The molecule has 0 amide bonds. The lowest BCUT2D eigenvalue weighted by Crippen LogP contribution is -2.37. The van der Waals surface area contributed by atoms with E-state index in [-0.39, 0.29) is 0 Å². The van der Waals surface area contributed by atoms with Gasteiger partial charge in [0.05, 0.1) is 22.9 Å². The van der Waals surface area contributed by atoms with Crippen molar-refractivity contribution >= 4 is 17.3 Å². The van der Waals surface area contributed by atoms with E-state index in [4.69, 9.17) is 4.52 Å². The lowest BCUT2D eigenvalue weighted by molar-refractivity contribution is 0.372. The monoisotopic (exact) mass is 335 g/mol. The van der Waals surface area contributed by atoms with E-state index in [1.54, 1.807) is 18.4 Å². The van der Waals surface area contributed by atoms with E-state index in [9.17, 15) is 0 Å². The molecule has 0 spiro atoms. The maximum Gasteiger partial charge on any atom is 0.191 e. The third-order valence-electron chi connectivity index (χ3n) is 3.53. The van der Waals surface area contributed by atoms with Gasteiger partial charge in [0.1, 0.15) is 0 Å². The molecule has 0 aliphatic rings. The van der Waals surface area contributed by atoms with E-state index in [1.165, 1.54) is 4.88 Å². The quantitative estimate of drug-likeness (QED) is 0.627. The number of guanidine groups is 1. The van der Waals surface area contributed by atoms with Crippen LogP contribution in [0.2, 0.25) is 0 Å². The summed E-state index contributed by atoms with van der Waals surface area (Å²) in [7, 11) is 1.76. The van der Waals surface area contributed by atoms with Crippen molar-refractivity contribution in [1.82, 2.24) is 20.8 Å². The minimum Gasteiger partial charge on any atom is -0.359 e. The molecule has 2 heterocycles. The van der Waals surface area contributed by atoms with E-state index in [0.717, 1.165) is 41.1 Å². The van der Waals surface area contributed by atoms with Crippen molar-refractivity contribution < 1.29 is 4.52 Å². The van der Waals surface area contributed by atoms with Crippen molar-refractivity contribution in [3.63, 3.8) is 0 Å². The predicted molar refractivity (Wildman–Crippen MR) is 94.1 cm³/mol. The highest BCUT2D eigenvalue weighted by Gasteiger charge is 2.08. The fourth-order valence-electron chi connectivity index (χ4n) is 2.01. The van der Waals surface area contributed by atoms with Crippen molar-refractivity contribution in [2.24, 2.45) is 4.99 Å². The van der Waals surface area contributed by atoms with Crippen LogP contribution in [-0.4, -0.2) is 29.7 Å². The molecule has 126 valence electrons. The molecule has 0 radical (unpaired) electrons. The Balaban J connectivity index is 1.76. The summed E-state index contributed by atoms with van der Waals surface area (Å²) >= 11 is 1.75. The standard InChI is InChI=1S/C16H25N5OS/c1-10(2)14-8-13(22-21-14)9-19-16(17-5)18-7-6-15-20-11(3)12(4)23-15/h8,10H,6-7,9H2,1-5H3,(H2,17,18,19). The lowest BCUT2D eigenvalue weighted by Gasteiger charge is -2.09. The molecule has 6 nitrogen and oxygen atoms in total. The minimum absolute atomic E-state index is 0.371. The summed E-state index contributed by atoms with van der Waals surface area (Å²) in [6.45, 7) is 9.70. The first-order valence-corrected chi connectivity index (χ1v) is 8.64. The third-order valence-corrected chi connectivity index (χ3v) is 4.66. The van der Waals surface area contributed by atoms with Gasteiger partial charge in [-0.1, -0.05) is 19.0 Å². The molecule has 0 aromatic carbocycles. The summed E-state index contributed by atoms with van der Waals surface area (Å²) in [6, 6.07) is 1.98. The Kier molecular flexibility index (Phi) is 6.15. The molecule has 0 fully saturated rings. The molecule has 0 saturated heterocycles. The van der Waals surface area contributed by atoms with E-state index >= 15 is 0 Å². The molecule has 0 aliphatic heterocycles. The Labute approximate surface area is 141 Å². The number of nitrogens with one attached hydrogen (secondary N) is 2. The second-order valence-corrected chi connectivity index (χ2v) is 7.01. The summed E-state index contributed by atoms with van der Waals surface area (Å²) in [5, 5.41) is 11.7. The van der Waals surface area contributed by atoms with Crippen LogP contribution < -0.4 is 10.6 Å². The van der Waals surface area contributed by atoms with Crippen LogP contribution in [0.15, 0.2) is 15.6 Å². The van der Waals surface area contributed by atoms with Gasteiger partial charge < -0.3 is 15.2 Å². The smallest absolute Gasteiger partial charge is 0.191 e. The van der Waals surface area contributed by atoms with Crippen LogP contribution in [0.1, 0.15) is 46.8 Å². The van der Waals surface area contributed by atoms with Crippen molar-refractivity contribution in [3.05, 3.63) is 33.1 Å². The van der Waals surface area contributed by atoms with E-state index < -0.39 is 0 Å². The van der Waals surface area contributed by atoms with Gasteiger partial charge in [-0.15, -0.1) is 11.3 Å². The molecular weight excluding hydrogens is 310 g/mol. The molecule has 2 aromatic heterocycles. The van der Waals surface area contributed by atoms with E-state index in [0.29, 0.717) is 12.5 Å². The lowest BCUT2D eigenvalue weighted by atomic mass is 10.1. The molecule has 0 unspecified atom stereocenters. The largest absolute Gasteiger partial charge is 0.359 e. The highest BCUT2D eigenvalue weighted by atomic mass is 32.1. The number of rotatable bonds is 6. The van der Waals surface area contributed by atoms with Crippen molar-refractivity contribution in [2.45, 2.75) is 46.6 Å². The van der Waals surface area contributed by atoms with Crippen molar-refractivity contribution in [3.8, 4) is 0 Å². The first-order valence-electron chi connectivity index (χ1n) is 7.82. The Hall–Kier alpha value is -1.89. The fourth-order valence-corrected chi connectivity index (χ4v) is 2.94. The average Bonchev–Trinajstić information content (AvgIpc) is 3.10. The summed E-state index contributed by atoms with van der Waals surface area (Å²) < 4.78 is 5.31. The van der Waals surface area contributed by atoms with Gasteiger partial charge in [-0.2, -0.15) is 0 Å². The highest BCUT2D eigenvalue weighted by molar-refractivity contribution is 7.11. The minimum atomic E-state index is 0.371. The van der Waals surface area contributed by atoms with Crippen LogP contribution in [0.4, 0.5) is 0 Å². The van der Waals surface area contributed by atoms with Crippen LogP contribution in [0.25, 0.3) is 0 Å². The molecule has 2 aromatic rings. The number of aryl methyl sites for hydroxylation is 2. The summed E-state index contributed by atoms with van der Waals surface area (Å²) in [6.07, 6.45) is 0.889. The molecule has 7 heteroatoms. The van der Waals surface area contributed by atoms with Gasteiger partial charge in [0.2, 0.25) is 0 Å². The van der Waals surface area contributed by atoms with Crippen molar-refractivity contribution in [1.29, 1.82) is 0 Å². The number of hydrogen-bond donors (Lipinski definition) is 2. The average molecular weight is 335 g/mol.